The number of rotatable bonds is 4. The molecule has 0 saturated heterocycles. The van der Waals surface area contributed by atoms with E-state index in [1.807, 2.05) is 6.92 Å². The zero-order chi connectivity index (χ0) is 10.6. The van der Waals surface area contributed by atoms with Gasteiger partial charge in [-0.15, -0.1) is 0 Å². The van der Waals surface area contributed by atoms with Gasteiger partial charge in [0.15, 0.2) is 0 Å². The first kappa shape index (κ1) is 10.8. The molecule has 0 amide bonds. The molecule has 0 bridgehead atoms. The maximum atomic E-state index is 10.3. The van der Waals surface area contributed by atoms with Gasteiger partial charge in [-0.05, 0) is 0 Å². The number of nitrogens with zero attached hydrogens (tertiary/aromatic N) is 2. The summed E-state index contributed by atoms with van der Waals surface area (Å²) >= 11 is 1.14. The summed E-state index contributed by atoms with van der Waals surface area (Å²) in [4.78, 5) is 18.4. The lowest BCUT2D eigenvalue weighted by Crippen LogP contribution is -2.02. The molecule has 1 rings (SSSR count). The molecule has 0 radical (unpaired) electrons. The summed E-state index contributed by atoms with van der Waals surface area (Å²) in [6.45, 7) is 1.92. The summed E-state index contributed by atoms with van der Waals surface area (Å²) in [7, 11) is 0. The first-order valence-electron chi connectivity index (χ1n) is 4.10. The minimum absolute atomic E-state index is 0.0143. The number of carboxylic acids is 1. The molecule has 0 saturated carbocycles. The maximum absolute atomic E-state index is 10.3. The second-order valence-corrected chi connectivity index (χ2v) is 3.58. The zero-order valence-corrected chi connectivity index (χ0v) is 8.54. The van der Waals surface area contributed by atoms with Crippen LogP contribution in [0.4, 0.5) is 5.82 Å². The molecule has 1 aromatic heterocycles. The molecule has 0 aliphatic heterocycles. The Balaban J connectivity index is 2.76. The number of nitrogen functional groups attached to an aromatic ring is 1. The molecule has 6 heteroatoms. The number of carboxylic acid groups (broad SMARTS) is 1. The Morgan fingerprint density at radius 3 is 2.93 bits per heavy atom. The lowest BCUT2D eigenvalue weighted by molar-refractivity contribution is -0.133. The second kappa shape index (κ2) is 4.80. The number of aliphatic carboxylic acids is 1. The second-order valence-electron chi connectivity index (χ2n) is 2.58. The Bertz CT molecular complexity index is 343. The third-order valence-corrected chi connectivity index (χ3v) is 2.32. The first-order chi connectivity index (χ1) is 6.61. The predicted octanol–water partition coefficient (Wildman–Crippen LogP) is 0.798. The third kappa shape index (κ3) is 3.21. The van der Waals surface area contributed by atoms with E-state index in [4.69, 9.17) is 10.8 Å². The normalized spacial score (nSPS) is 10.1. The van der Waals surface area contributed by atoms with Crippen molar-refractivity contribution >= 4 is 23.5 Å². The van der Waals surface area contributed by atoms with Crippen LogP contribution >= 0.6 is 11.8 Å². The predicted molar refractivity (Wildman–Crippen MR) is 54.2 cm³/mol. The van der Waals surface area contributed by atoms with Crippen LogP contribution < -0.4 is 5.73 Å². The summed E-state index contributed by atoms with van der Waals surface area (Å²) in [5.74, 6) is 0.132. The summed E-state index contributed by atoms with van der Waals surface area (Å²) in [5.41, 5.74) is 5.53. The number of hydrogen-bond acceptors (Lipinski definition) is 5. The first-order valence-corrected chi connectivity index (χ1v) is 5.08. The summed E-state index contributed by atoms with van der Waals surface area (Å²) < 4.78 is 0. The number of nitrogens with two attached hydrogens (primary N) is 1. The van der Waals surface area contributed by atoms with Crippen LogP contribution in [0.25, 0.3) is 0 Å². The number of thioether (sulfide) groups is 1. The van der Waals surface area contributed by atoms with Gasteiger partial charge >= 0.3 is 5.97 Å². The fraction of sp³-hybridized carbons (Fsp3) is 0.375. The molecule has 5 nitrogen and oxygen atoms in total. The van der Waals surface area contributed by atoms with Crippen molar-refractivity contribution < 1.29 is 9.90 Å². The molecule has 0 aliphatic rings. The summed E-state index contributed by atoms with van der Waals surface area (Å²) in [6.07, 6.45) is 0.686. The zero-order valence-electron chi connectivity index (χ0n) is 7.73. The SMILES string of the molecule is CCc1nc(N)cc(SCC(=O)O)n1. The van der Waals surface area contributed by atoms with Gasteiger partial charge in [0.2, 0.25) is 0 Å². The molecular weight excluding hydrogens is 202 g/mol. The minimum Gasteiger partial charge on any atom is -0.481 e. The van der Waals surface area contributed by atoms with Crippen LogP contribution in [0.3, 0.4) is 0 Å². The van der Waals surface area contributed by atoms with Gasteiger partial charge in [0, 0.05) is 12.5 Å². The van der Waals surface area contributed by atoms with Gasteiger partial charge in [0.1, 0.15) is 16.7 Å². The van der Waals surface area contributed by atoms with Gasteiger partial charge in [-0.1, -0.05) is 18.7 Å². The van der Waals surface area contributed by atoms with E-state index in [9.17, 15) is 4.79 Å². The Morgan fingerprint density at radius 1 is 1.64 bits per heavy atom. The topological polar surface area (TPSA) is 89.1 Å². The largest absolute Gasteiger partial charge is 0.481 e. The van der Waals surface area contributed by atoms with Gasteiger partial charge in [0.25, 0.3) is 0 Å². The van der Waals surface area contributed by atoms with Crippen molar-refractivity contribution in [1.29, 1.82) is 0 Å². The third-order valence-electron chi connectivity index (χ3n) is 1.43. The highest BCUT2D eigenvalue weighted by molar-refractivity contribution is 7.99. The molecule has 3 N–H and O–H groups in total. The van der Waals surface area contributed by atoms with Crippen molar-refractivity contribution in [1.82, 2.24) is 9.97 Å². The number of aryl methyl sites for hydroxylation is 1. The van der Waals surface area contributed by atoms with Crippen LogP contribution in [-0.4, -0.2) is 26.8 Å². The molecular formula is C8H11N3O2S. The number of hydrogen-bond donors (Lipinski definition) is 2. The molecule has 14 heavy (non-hydrogen) atoms. The minimum atomic E-state index is -0.870. The van der Waals surface area contributed by atoms with E-state index in [0.717, 1.165) is 11.8 Å². The molecule has 76 valence electrons. The van der Waals surface area contributed by atoms with E-state index >= 15 is 0 Å². The average molecular weight is 213 g/mol. The fourth-order valence-electron chi connectivity index (χ4n) is 0.860. The van der Waals surface area contributed by atoms with Crippen molar-refractivity contribution in [3.05, 3.63) is 11.9 Å². The molecule has 0 fully saturated rings. The van der Waals surface area contributed by atoms with Crippen LogP contribution in [0.5, 0.6) is 0 Å². The van der Waals surface area contributed by atoms with Gasteiger partial charge in [-0.2, -0.15) is 0 Å². The van der Waals surface area contributed by atoms with E-state index < -0.39 is 5.97 Å². The summed E-state index contributed by atoms with van der Waals surface area (Å²) in [5, 5.41) is 9.08. The van der Waals surface area contributed by atoms with Crippen molar-refractivity contribution in [2.75, 3.05) is 11.5 Å². The molecule has 1 aromatic rings. The Hall–Kier alpha value is -1.30. The molecule has 0 aliphatic carbocycles. The smallest absolute Gasteiger partial charge is 0.313 e. The van der Waals surface area contributed by atoms with Crippen LogP contribution in [0.1, 0.15) is 12.7 Å². The quantitative estimate of drug-likeness (QED) is 0.568. The van der Waals surface area contributed by atoms with Crippen LogP contribution in [-0.2, 0) is 11.2 Å². The molecule has 1 heterocycles. The van der Waals surface area contributed by atoms with Crippen molar-refractivity contribution in [2.24, 2.45) is 0 Å². The lowest BCUT2D eigenvalue weighted by Gasteiger charge is -2.02. The van der Waals surface area contributed by atoms with E-state index in [2.05, 4.69) is 9.97 Å². The Labute approximate surface area is 85.7 Å². The molecule has 0 unspecified atom stereocenters. The highest BCUT2D eigenvalue weighted by Crippen LogP contribution is 2.17. The highest BCUT2D eigenvalue weighted by Gasteiger charge is 2.04. The van der Waals surface area contributed by atoms with Crippen molar-refractivity contribution in [2.45, 2.75) is 18.4 Å². The standard InChI is InChI=1S/C8H11N3O2S/c1-2-6-10-5(9)3-7(11-6)14-4-8(12)13/h3H,2,4H2,1H3,(H,12,13)(H2,9,10,11). The van der Waals surface area contributed by atoms with Crippen LogP contribution in [0.15, 0.2) is 11.1 Å². The van der Waals surface area contributed by atoms with Gasteiger partial charge in [-0.25, -0.2) is 9.97 Å². The van der Waals surface area contributed by atoms with Gasteiger partial charge in [0.05, 0.1) is 5.75 Å². The summed E-state index contributed by atoms with van der Waals surface area (Å²) in [6, 6.07) is 1.58. The fourth-order valence-corrected chi connectivity index (χ4v) is 1.51. The van der Waals surface area contributed by atoms with E-state index in [1.165, 1.54) is 0 Å². The molecule has 0 atom stereocenters. The van der Waals surface area contributed by atoms with Crippen molar-refractivity contribution in [3.8, 4) is 0 Å². The van der Waals surface area contributed by atoms with Crippen LogP contribution in [0.2, 0.25) is 0 Å². The maximum Gasteiger partial charge on any atom is 0.313 e. The monoisotopic (exact) mass is 213 g/mol. The Morgan fingerprint density at radius 2 is 2.36 bits per heavy atom. The van der Waals surface area contributed by atoms with E-state index in [1.54, 1.807) is 6.07 Å². The average Bonchev–Trinajstić information content (AvgIpc) is 2.14. The van der Waals surface area contributed by atoms with Gasteiger partial charge < -0.3 is 10.8 Å². The molecule has 0 aromatic carbocycles. The van der Waals surface area contributed by atoms with E-state index in [0.29, 0.717) is 23.1 Å². The Kier molecular flexibility index (Phi) is 3.70. The van der Waals surface area contributed by atoms with Crippen molar-refractivity contribution in [3.63, 3.8) is 0 Å². The van der Waals surface area contributed by atoms with E-state index in [-0.39, 0.29) is 5.75 Å². The number of anilines is 1. The molecule has 0 spiro atoms. The lowest BCUT2D eigenvalue weighted by atomic mass is 10.4. The number of carbonyl (C=O) groups is 1. The highest BCUT2D eigenvalue weighted by atomic mass is 32.2. The van der Waals surface area contributed by atoms with Gasteiger partial charge in [-0.3, -0.25) is 4.79 Å². The number of aromatic nitrogens is 2. The van der Waals surface area contributed by atoms with Crippen LogP contribution in [0, 0.1) is 0 Å².